The van der Waals surface area contributed by atoms with Crippen LogP contribution < -0.4 is 14.8 Å². The van der Waals surface area contributed by atoms with E-state index in [4.69, 9.17) is 14.6 Å². The van der Waals surface area contributed by atoms with Gasteiger partial charge in [-0.25, -0.2) is 4.68 Å². The molecule has 0 unspecified atom stereocenters. The van der Waals surface area contributed by atoms with Crippen LogP contribution in [-0.2, 0) is 7.05 Å². The number of carbonyl (C=O) groups excluding carboxylic acids is 1. The van der Waals surface area contributed by atoms with E-state index in [1.807, 2.05) is 36.4 Å². The smallest absolute Gasteiger partial charge is 0.260 e. The van der Waals surface area contributed by atoms with E-state index in [-0.39, 0.29) is 5.91 Å². The topological polar surface area (TPSA) is 83.2 Å². The predicted octanol–water partition coefficient (Wildman–Crippen LogP) is 3.54. The van der Waals surface area contributed by atoms with Crippen LogP contribution in [0.5, 0.6) is 11.5 Å². The van der Waals surface area contributed by atoms with Crippen molar-refractivity contribution in [3.63, 3.8) is 0 Å². The fourth-order valence-corrected chi connectivity index (χ4v) is 3.11. The molecule has 2 aromatic carbocycles. The average molecular weight is 403 g/mol. The number of nitrogens with zero attached hydrogens (tertiary/aromatic N) is 4. The van der Waals surface area contributed by atoms with Crippen LogP contribution in [0.3, 0.4) is 0 Å². The molecule has 0 saturated heterocycles. The van der Waals surface area contributed by atoms with Crippen molar-refractivity contribution in [2.75, 3.05) is 19.5 Å². The van der Waals surface area contributed by atoms with Crippen LogP contribution in [0.2, 0.25) is 0 Å². The van der Waals surface area contributed by atoms with Gasteiger partial charge in [-0.2, -0.15) is 10.2 Å². The number of hydrogen-bond donors (Lipinski definition) is 1. The first-order chi connectivity index (χ1) is 14.6. The molecular formula is C22H21N5O3. The minimum absolute atomic E-state index is 0.316. The van der Waals surface area contributed by atoms with Crippen LogP contribution in [0.1, 0.15) is 10.4 Å². The van der Waals surface area contributed by atoms with Crippen molar-refractivity contribution in [3.05, 3.63) is 72.6 Å². The second kappa shape index (κ2) is 8.12. The number of hydrogen-bond acceptors (Lipinski definition) is 5. The summed E-state index contributed by atoms with van der Waals surface area (Å²) in [6, 6.07) is 16.7. The van der Waals surface area contributed by atoms with Crippen molar-refractivity contribution in [1.29, 1.82) is 0 Å². The summed E-state index contributed by atoms with van der Waals surface area (Å²) >= 11 is 0. The van der Waals surface area contributed by atoms with Crippen LogP contribution in [0.15, 0.2) is 67.0 Å². The number of aryl methyl sites for hydroxylation is 1. The maximum Gasteiger partial charge on any atom is 0.260 e. The third-order valence-electron chi connectivity index (χ3n) is 4.60. The molecule has 0 aliphatic carbocycles. The maximum absolute atomic E-state index is 13.1. The highest BCUT2D eigenvalue weighted by Gasteiger charge is 2.22. The molecule has 0 bridgehead atoms. The third kappa shape index (κ3) is 3.75. The number of aromatic nitrogens is 4. The molecule has 1 amide bonds. The SMILES string of the molecule is COc1ccc(-c2nn(-c3ccccc3)cc2C(=O)Nc2ccn(C)n2)c(OC)c1. The molecule has 0 atom stereocenters. The number of anilines is 1. The van der Waals surface area contributed by atoms with Gasteiger partial charge in [-0.15, -0.1) is 0 Å². The zero-order chi connectivity index (χ0) is 21.1. The van der Waals surface area contributed by atoms with Gasteiger partial charge in [0.1, 0.15) is 17.2 Å². The largest absolute Gasteiger partial charge is 0.497 e. The highest BCUT2D eigenvalue weighted by molar-refractivity contribution is 6.08. The Balaban J connectivity index is 1.82. The summed E-state index contributed by atoms with van der Waals surface area (Å²) in [6.45, 7) is 0. The van der Waals surface area contributed by atoms with Gasteiger partial charge >= 0.3 is 0 Å². The Bertz CT molecular complexity index is 1180. The third-order valence-corrected chi connectivity index (χ3v) is 4.60. The zero-order valence-corrected chi connectivity index (χ0v) is 16.9. The molecule has 2 heterocycles. The minimum atomic E-state index is -0.316. The summed E-state index contributed by atoms with van der Waals surface area (Å²) in [6.07, 6.45) is 3.46. The second-order valence-corrected chi connectivity index (χ2v) is 6.57. The van der Waals surface area contributed by atoms with E-state index >= 15 is 0 Å². The fraction of sp³-hybridized carbons (Fsp3) is 0.136. The van der Waals surface area contributed by atoms with Crippen molar-refractivity contribution < 1.29 is 14.3 Å². The van der Waals surface area contributed by atoms with Gasteiger partial charge in [0.2, 0.25) is 0 Å². The van der Waals surface area contributed by atoms with Gasteiger partial charge < -0.3 is 14.8 Å². The number of carbonyl (C=O) groups is 1. The first kappa shape index (κ1) is 19.3. The van der Waals surface area contributed by atoms with E-state index in [0.29, 0.717) is 34.1 Å². The molecule has 8 heteroatoms. The highest BCUT2D eigenvalue weighted by Crippen LogP contribution is 2.35. The number of methoxy groups -OCH3 is 2. The van der Waals surface area contributed by atoms with Crippen LogP contribution >= 0.6 is 0 Å². The lowest BCUT2D eigenvalue weighted by atomic mass is 10.1. The maximum atomic E-state index is 13.1. The van der Waals surface area contributed by atoms with Gasteiger partial charge in [-0.3, -0.25) is 9.48 Å². The van der Waals surface area contributed by atoms with E-state index in [0.717, 1.165) is 5.69 Å². The molecule has 4 rings (SSSR count). The average Bonchev–Trinajstić information content (AvgIpc) is 3.40. The molecular weight excluding hydrogens is 382 g/mol. The van der Waals surface area contributed by atoms with Crippen LogP contribution in [0, 0.1) is 0 Å². The van der Waals surface area contributed by atoms with Crippen molar-refractivity contribution >= 4 is 11.7 Å². The van der Waals surface area contributed by atoms with Gasteiger partial charge in [0, 0.05) is 37.1 Å². The van der Waals surface area contributed by atoms with E-state index < -0.39 is 0 Å². The molecule has 152 valence electrons. The number of para-hydroxylation sites is 1. The molecule has 30 heavy (non-hydrogen) atoms. The Morgan fingerprint density at radius 2 is 1.80 bits per heavy atom. The Hall–Kier alpha value is -4.07. The number of amides is 1. The minimum Gasteiger partial charge on any atom is -0.497 e. The lowest BCUT2D eigenvalue weighted by Crippen LogP contribution is -2.13. The summed E-state index contributed by atoms with van der Waals surface area (Å²) in [5, 5.41) is 11.7. The summed E-state index contributed by atoms with van der Waals surface area (Å²) in [7, 11) is 4.95. The Kier molecular flexibility index (Phi) is 5.21. The summed E-state index contributed by atoms with van der Waals surface area (Å²) < 4.78 is 14.1. The summed E-state index contributed by atoms with van der Waals surface area (Å²) in [5.74, 6) is 1.35. The second-order valence-electron chi connectivity index (χ2n) is 6.57. The van der Waals surface area contributed by atoms with Crippen molar-refractivity contribution in [2.24, 2.45) is 7.05 Å². The fourth-order valence-electron chi connectivity index (χ4n) is 3.11. The van der Waals surface area contributed by atoms with E-state index in [1.54, 1.807) is 61.2 Å². The molecule has 0 saturated carbocycles. The normalized spacial score (nSPS) is 10.6. The lowest BCUT2D eigenvalue weighted by molar-refractivity contribution is 0.102. The molecule has 0 aliphatic heterocycles. The van der Waals surface area contributed by atoms with Crippen LogP contribution in [0.25, 0.3) is 16.9 Å². The summed E-state index contributed by atoms with van der Waals surface area (Å²) in [5.41, 5.74) is 2.40. The Morgan fingerprint density at radius 3 is 2.47 bits per heavy atom. The van der Waals surface area contributed by atoms with E-state index in [1.165, 1.54) is 0 Å². The molecule has 4 aromatic rings. The Labute approximate surface area is 173 Å². The molecule has 8 nitrogen and oxygen atoms in total. The van der Waals surface area contributed by atoms with E-state index in [9.17, 15) is 4.79 Å². The molecule has 0 fully saturated rings. The van der Waals surface area contributed by atoms with Crippen LogP contribution in [-0.4, -0.2) is 39.7 Å². The first-order valence-corrected chi connectivity index (χ1v) is 9.27. The number of benzene rings is 2. The van der Waals surface area contributed by atoms with Gasteiger partial charge in [0.25, 0.3) is 5.91 Å². The van der Waals surface area contributed by atoms with Gasteiger partial charge in [0.15, 0.2) is 5.82 Å². The quantitative estimate of drug-likeness (QED) is 0.532. The predicted molar refractivity (Wildman–Crippen MR) is 113 cm³/mol. The van der Waals surface area contributed by atoms with Gasteiger partial charge in [0.05, 0.1) is 25.5 Å². The zero-order valence-electron chi connectivity index (χ0n) is 16.9. The van der Waals surface area contributed by atoms with Crippen molar-refractivity contribution in [3.8, 4) is 28.4 Å². The lowest BCUT2D eigenvalue weighted by Gasteiger charge is -2.10. The number of rotatable bonds is 6. The van der Waals surface area contributed by atoms with Gasteiger partial charge in [-0.1, -0.05) is 18.2 Å². The molecule has 0 spiro atoms. The summed E-state index contributed by atoms with van der Waals surface area (Å²) in [4.78, 5) is 13.1. The van der Waals surface area contributed by atoms with E-state index in [2.05, 4.69) is 10.4 Å². The highest BCUT2D eigenvalue weighted by atomic mass is 16.5. The molecule has 0 aliphatic rings. The molecule has 2 aromatic heterocycles. The van der Waals surface area contributed by atoms with Gasteiger partial charge in [-0.05, 0) is 24.3 Å². The molecule has 1 N–H and O–H groups in total. The van der Waals surface area contributed by atoms with Crippen molar-refractivity contribution in [2.45, 2.75) is 0 Å². The van der Waals surface area contributed by atoms with Crippen LogP contribution in [0.4, 0.5) is 5.82 Å². The number of ether oxygens (including phenoxy) is 2. The monoisotopic (exact) mass is 403 g/mol. The Morgan fingerprint density at radius 1 is 1.00 bits per heavy atom. The number of nitrogens with one attached hydrogen (secondary N) is 1. The van der Waals surface area contributed by atoms with Crippen molar-refractivity contribution in [1.82, 2.24) is 19.6 Å². The molecule has 0 radical (unpaired) electrons. The standard InChI is InChI=1S/C22H21N5O3/c1-26-12-11-20(24-26)23-22(28)18-14-27(15-7-5-4-6-8-15)25-21(18)17-10-9-16(29-2)13-19(17)30-3/h4-14H,1-3H3,(H,23,24,28). The first-order valence-electron chi connectivity index (χ1n) is 9.27.